The van der Waals surface area contributed by atoms with Crippen molar-refractivity contribution in [3.05, 3.63) is 6.92 Å². The average molecular weight is 142 g/mol. The first-order chi connectivity index (χ1) is 1.91. The second-order valence-electron chi connectivity index (χ2n) is 0.427. The summed E-state index contributed by atoms with van der Waals surface area (Å²) in [5.74, 6) is 5.00. The summed E-state index contributed by atoms with van der Waals surface area (Å²) in [7, 11) is 0. The van der Waals surface area contributed by atoms with Crippen LogP contribution < -0.4 is 0 Å². The SMILES string of the molecule is [CH2-]C#CC.[Y+3]. The third kappa shape index (κ3) is 12.4. The molecule has 22 valence electrons. The van der Waals surface area contributed by atoms with Crippen molar-refractivity contribution in [2.75, 3.05) is 0 Å². The van der Waals surface area contributed by atoms with Crippen LogP contribution in [0.5, 0.6) is 0 Å². The van der Waals surface area contributed by atoms with E-state index in [-0.39, 0.29) is 32.7 Å². The van der Waals surface area contributed by atoms with Crippen molar-refractivity contribution in [3.8, 4) is 11.8 Å². The van der Waals surface area contributed by atoms with E-state index in [1.54, 1.807) is 6.92 Å². The smallest absolute Gasteiger partial charge is 0.331 e. The van der Waals surface area contributed by atoms with E-state index < -0.39 is 0 Å². The summed E-state index contributed by atoms with van der Waals surface area (Å²) in [6, 6.07) is 0. The molecule has 1 heteroatoms. The van der Waals surface area contributed by atoms with Crippen LogP contribution in [0.1, 0.15) is 6.92 Å². The summed E-state index contributed by atoms with van der Waals surface area (Å²) >= 11 is 0. The van der Waals surface area contributed by atoms with Gasteiger partial charge < -0.3 is 5.92 Å². The topological polar surface area (TPSA) is 0 Å². The molecule has 0 fully saturated rings. The van der Waals surface area contributed by atoms with Crippen molar-refractivity contribution < 1.29 is 32.7 Å². The fourth-order valence-corrected chi connectivity index (χ4v) is 0. The monoisotopic (exact) mass is 142 g/mol. The molecule has 0 aliphatic rings. The quantitative estimate of drug-likeness (QED) is 0.347. The predicted molar refractivity (Wildman–Crippen MR) is 18.8 cm³/mol. The van der Waals surface area contributed by atoms with Crippen molar-refractivity contribution in [1.29, 1.82) is 0 Å². The second-order valence-corrected chi connectivity index (χ2v) is 0.427. The Bertz CT molecular complexity index is 40.4. The zero-order valence-corrected chi connectivity index (χ0v) is 6.12. The molecule has 0 aromatic rings. The minimum absolute atomic E-state index is 0. The largest absolute Gasteiger partial charge is 3.00 e. The molecular weight excluding hydrogens is 137 g/mol. The van der Waals surface area contributed by atoms with Crippen molar-refractivity contribution >= 4 is 0 Å². The molecule has 0 saturated heterocycles. The standard InChI is InChI=1S/C4H5.Y/c1-3-4-2;/h1H2,2H3;/q-1;+3. The van der Waals surface area contributed by atoms with Gasteiger partial charge in [-0.2, -0.15) is 6.92 Å². The molecule has 0 bridgehead atoms. The van der Waals surface area contributed by atoms with Crippen molar-refractivity contribution in [2.45, 2.75) is 6.92 Å². The summed E-state index contributed by atoms with van der Waals surface area (Å²) < 4.78 is 0. The third-order valence-corrected chi connectivity index (χ3v) is 0.177. The molecule has 0 radical (unpaired) electrons. The maximum Gasteiger partial charge on any atom is 3.00 e. The van der Waals surface area contributed by atoms with Gasteiger partial charge in [-0.3, -0.25) is 5.92 Å². The molecule has 0 atom stereocenters. The van der Waals surface area contributed by atoms with Gasteiger partial charge in [-0.15, -0.1) is 0 Å². The molecule has 0 amide bonds. The van der Waals surface area contributed by atoms with Crippen LogP contribution in [0.15, 0.2) is 0 Å². The van der Waals surface area contributed by atoms with E-state index in [1.807, 2.05) is 0 Å². The number of hydrogen-bond acceptors (Lipinski definition) is 0. The molecule has 0 saturated carbocycles. The zero-order chi connectivity index (χ0) is 3.41. The van der Waals surface area contributed by atoms with E-state index in [9.17, 15) is 0 Å². The minimum atomic E-state index is 0. The maximum atomic E-state index is 3.24. The molecule has 0 unspecified atom stereocenters. The van der Waals surface area contributed by atoms with Gasteiger partial charge in [0.25, 0.3) is 0 Å². The van der Waals surface area contributed by atoms with Gasteiger partial charge in [0, 0.05) is 0 Å². The first kappa shape index (κ1) is 9.11. The van der Waals surface area contributed by atoms with Crippen LogP contribution in [0.2, 0.25) is 0 Å². The molecule has 0 aliphatic heterocycles. The number of hydrogen-bond donors (Lipinski definition) is 0. The van der Waals surface area contributed by atoms with Crippen LogP contribution >= 0.6 is 0 Å². The molecule has 0 rings (SSSR count). The first-order valence-electron chi connectivity index (χ1n) is 1.10. The Labute approximate surface area is 58.2 Å². The molecule has 0 N–H and O–H groups in total. The summed E-state index contributed by atoms with van der Waals surface area (Å²) in [5, 5.41) is 0. The van der Waals surface area contributed by atoms with Gasteiger partial charge in [0.15, 0.2) is 0 Å². The minimum Gasteiger partial charge on any atom is -0.331 e. The van der Waals surface area contributed by atoms with Gasteiger partial charge in [-0.25, -0.2) is 0 Å². The van der Waals surface area contributed by atoms with Crippen molar-refractivity contribution in [3.63, 3.8) is 0 Å². The molecule has 0 nitrogen and oxygen atoms in total. The molecular formula is C4H5Y+2. The van der Waals surface area contributed by atoms with E-state index in [2.05, 4.69) is 18.8 Å². The third-order valence-electron chi connectivity index (χ3n) is 0.177. The fourth-order valence-electron chi connectivity index (χ4n) is 0. The second kappa shape index (κ2) is 8.82. The molecule has 5 heavy (non-hydrogen) atoms. The van der Waals surface area contributed by atoms with E-state index in [0.29, 0.717) is 0 Å². The predicted octanol–water partition coefficient (Wildman–Crippen LogP) is 0.841. The van der Waals surface area contributed by atoms with Gasteiger partial charge in [-0.1, -0.05) is 6.92 Å². The number of rotatable bonds is 0. The fraction of sp³-hybridized carbons (Fsp3) is 0.250. The Morgan fingerprint density at radius 2 is 1.80 bits per heavy atom. The van der Waals surface area contributed by atoms with Crippen molar-refractivity contribution in [2.24, 2.45) is 0 Å². The summed E-state index contributed by atoms with van der Waals surface area (Å²) in [6.45, 7) is 5.00. The van der Waals surface area contributed by atoms with E-state index in [4.69, 9.17) is 0 Å². The van der Waals surface area contributed by atoms with Crippen LogP contribution in [-0.2, 0) is 32.7 Å². The van der Waals surface area contributed by atoms with Crippen molar-refractivity contribution in [1.82, 2.24) is 0 Å². The van der Waals surface area contributed by atoms with Gasteiger partial charge >= 0.3 is 32.7 Å². The Balaban J connectivity index is 0. The maximum absolute atomic E-state index is 3.24. The molecule has 0 heterocycles. The van der Waals surface area contributed by atoms with Crippen LogP contribution in [-0.4, -0.2) is 0 Å². The Morgan fingerprint density at radius 1 is 1.60 bits per heavy atom. The van der Waals surface area contributed by atoms with E-state index in [0.717, 1.165) is 0 Å². The van der Waals surface area contributed by atoms with Crippen LogP contribution in [0, 0.1) is 18.8 Å². The summed E-state index contributed by atoms with van der Waals surface area (Å²) in [4.78, 5) is 0. The summed E-state index contributed by atoms with van der Waals surface area (Å²) in [6.07, 6.45) is 0. The molecule has 0 spiro atoms. The van der Waals surface area contributed by atoms with Crippen LogP contribution in [0.25, 0.3) is 0 Å². The van der Waals surface area contributed by atoms with E-state index >= 15 is 0 Å². The van der Waals surface area contributed by atoms with Crippen LogP contribution in [0.4, 0.5) is 0 Å². The first-order valence-corrected chi connectivity index (χ1v) is 1.10. The van der Waals surface area contributed by atoms with Crippen LogP contribution in [0.3, 0.4) is 0 Å². The normalized spacial score (nSPS) is 2.60. The average Bonchev–Trinajstić information content (AvgIpc) is 1.37. The molecule has 0 aliphatic carbocycles. The van der Waals surface area contributed by atoms with E-state index in [1.165, 1.54) is 0 Å². The Morgan fingerprint density at radius 3 is 1.80 bits per heavy atom. The summed E-state index contributed by atoms with van der Waals surface area (Å²) in [5.41, 5.74) is 0. The molecule has 0 aromatic heterocycles. The van der Waals surface area contributed by atoms with Gasteiger partial charge in [-0.05, 0) is 0 Å². The zero-order valence-electron chi connectivity index (χ0n) is 3.28. The molecule has 0 aromatic carbocycles. The Hall–Kier alpha value is 0.534. The van der Waals surface area contributed by atoms with Gasteiger partial charge in [0.05, 0.1) is 0 Å². The van der Waals surface area contributed by atoms with Gasteiger partial charge in [0.1, 0.15) is 0 Å². The Kier molecular flexibility index (Phi) is 16.1. The van der Waals surface area contributed by atoms with Gasteiger partial charge in [0.2, 0.25) is 0 Å².